The third-order valence-corrected chi connectivity index (χ3v) is 8.20. The maximum atomic E-state index is 12.6. The largest absolute Gasteiger partial charge is 0.297 e. The number of rotatable bonds is 5. The lowest BCUT2D eigenvalue weighted by Crippen LogP contribution is -2.37. The molecule has 0 bridgehead atoms. The monoisotopic (exact) mass is 199 g/mol. The van der Waals surface area contributed by atoms with Crippen LogP contribution in [0.15, 0.2) is 0 Å². The summed E-state index contributed by atoms with van der Waals surface area (Å²) in [7, 11) is -2.07. The van der Waals surface area contributed by atoms with Gasteiger partial charge in [0.25, 0.3) is 0 Å². The fourth-order valence-corrected chi connectivity index (χ4v) is 7.05. The van der Waals surface area contributed by atoms with Gasteiger partial charge in [0.1, 0.15) is 0 Å². The molecule has 0 aliphatic heterocycles. The minimum Gasteiger partial charge on any atom is -0.297 e. The first-order valence-electron chi connectivity index (χ1n) is 5.93. The van der Waals surface area contributed by atoms with Crippen molar-refractivity contribution in [2.45, 2.75) is 70.0 Å². The molecule has 0 unspecified atom stereocenters. The Morgan fingerprint density at radius 3 is 1.92 bits per heavy atom. The van der Waals surface area contributed by atoms with Crippen LogP contribution >= 0.6 is 0 Å². The molecule has 1 rings (SSSR count). The van der Waals surface area contributed by atoms with Crippen molar-refractivity contribution < 1.29 is 4.80 Å². The first-order valence-corrected chi connectivity index (χ1v) is 8.33. The molecule has 77 valence electrons. The molecule has 1 aliphatic carbocycles. The van der Waals surface area contributed by atoms with E-state index in [1.807, 2.05) is 0 Å². The first-order chi connectivity index (χ1) is 6.23. The van der Waals surface area contributed by atoms with E-state index < -0.39 is 8.32 Å². The molecule has 13 heavy (non-hydrogen) atoms. The Hall–Kier alpha value is 0.177. The third-order valence-electron chi connectivity index (χ3n) is 3.45. The van der Waals surface area contributed by atoms with Gasteiger partial charge in [-0.25, -0.2) is 0 Å². The fourth-order valence-electron chi connectivity index (χ4n) is 2.83. The van der Waals surface area contributed by atoms with E-state index in [0.717, 1.165) is 24.9 Å². The molecular weight excluding hydrogens is 176 g/mol. The van der Waals surface area contributed by atoms with Crippen LogP contribution in [0.3, 0.4) is 0 Å². The first kappa shape index (κ1) is 11.3. The average Bonchev–Trinajstić information content (AvgIpc) is 2.57. The van der Waals surface area contributed by atoms with E-state index in [0.29, 0.717) is 5.54 Å². The zero-order chi connectivity index (χ0) is 9.73. The van der Waals surface area contributed by atoms with Crippen molar-refractivity contribution in [2.75, 3.05) is 0 Å². The quantitative estimate of drug-likeness (QED) is 0.593. The maximum Gasteiger partial charge on any atom is 0.240 e. The van der Waals surface area contributed by atoms with Crippen LogP contribution in [0.4, 0.5) is 0 Å². The molecule has 1 radical (unpaired) electrons. The maximum absolute atomic E-state index is 12.6. The lowest BCUT2D eigenvalue weighted by Gasteiger charge is -2.28. The minimum atomic E-state index is -2.07. The van der Waals surface area contributed by atoms with Crippen LogP contribution < -0.4 is 0 Å². The molecule has 2 heteroatoms. The van der Waals surface area contributed by atoms with Gasteiger partial charge in [0.05, 0.1) is 0 Å². The van der Waals surface area contributed by atoms with Gasteiger partial charge in [0.15, 0.2) is 0 Å². The van der Waals surface area contributed by atoms with Crippen LogP contribution in [0, 0.1) is 0 Å². The highest BCUT2D eigenvalue weighted by molar-refractivity contribution is 6.73. The Morgan fingerprint density at radius 2 is 1.54 bits per heavy atom. The summed E-state index contributed by atoms with van der Waals surface area (Å²) in [6.45, 7) is 4.34. The minimum absolute atomic E-state index is 0.632. The molecule has 1 saturated carbocycles. The average molecular weight is 199 g/mol. The van der Waals surface area contributed by atoms with Crippen molar-refractivity contribution in [3.05, 3.63) is 0 Å². The predicted octanol–water partition coefficient (Wildman–Crippen LogP) is 4.13. The van der Waals surface area contributed by atoms with Crippen LogP contribution in [-0.4, -0.2) is 8.32 Å². The number of hydrogen-bond acceptors (Lipinski definition) is 0. The van der Waals surface area contributed by atoms with Crippen molar-refractivity contribution in [1.82, 2.24) is 0 Å². The Morgan fingerprint density at radius 1 is 1.08 bits per heavy atom. The molecule has 0 aromatic heterocycles. The second kappa shape index (κ2) is 5.16. The molecule has 0 heterocycles. The van der Waals surface area contributed by atoms with Gasteiger partial charge >= 0.3 is 0 Å². The summed E-state index contributed by atoms with van der Waals surface area (Å²) >= 11 is 0. The molecule has 0 amide bonds. The van der Waals surface area contributed by atoms with Crippen LogP contribution in [-0.2, 0) is 4.80 Å². The van der Waals surface area contributed by atoms with Crippen LogP contribution in [0.5, 0.6) is 0 Å². The molecule has 0 saturated heterocycles. The van der Waals surface area contributed by atoms with Crippen molar-refractivity contribution >= 4 is 8.32 Å². The molecular formula is C11H23OSi. The smallest absolute Gasteiger partial charge is 0.240 e. The van der Waals surface area contributed by atoms with E-state index in [2.05, 4.69) is 13.8 Å². The van der Waals surface area contributed by atoms with Gasteiger partial charge in [-0.15, -0.1) is 0 Å². The summed E-state index contributed by atoms with van der Waals surface area (Å²) < 4.78 is 0. The van der Waals surface area contributed by atoms with E-state index in [4.69, 9.17) is 0 Å². The van der Waals surface area contributed by atoms with E-state index in [1.54, 1.807) is 0 Å². The van der Waals surface area contributed by atoms with Gasteiger partial charge in [-0.1, -0.05) is 52.4 Å². The molecule has 1 aliphatic rings. The van der Waals surface area contributed by atoms with Gasteiger partial charge in [0, 0.05) is 0 Å². The highest BCUT2D eigenvalue weighted by atomic mass is 28.4. The summed E-state index contributed by atoms with van der Waals surface area (Å²) in [5.74, 6) is 0. The molecule has 0 aromatic carbocycles. The SMILES string of the molecule is CCC[Si]([O])(CCC)C1CCCC1. The Bertz CT molecular complexity index is 135. The van der Waals surface area contributed by atoms with Crippen LogP contribution in [0.25, 0.3) is 0 Å². The fraction of sp³-hybridized carbons (Fsp3) is 1.00. The molecule has 0 atom stereocenters. The van der Waals surface area contributed by atoms with Gasteiger partial charge in [-0.3, -0.25) is 4.80 Å². The Balaban J connectivity index is 2.52. The summed E-state index contributed by atoms with van der Waals surface area (Å²) in [5, 5.41) is 0. The zero-order valence-corrected chi connectivity index (χ0v) is 10.1. The second-order valence-electron chi connectivity index (χ2n) is 4.55. The molecule has 1 nitrogen and oxygen atoms in total. The lowest BCUT2D eigenvalue weighted by molar-refractivity contribution is 0.388. The Labute approximate surface area is 83.7 Å². The standard InChI is InChI=1S/C11H23OSi/c1-3-9-13(12,10-4-2)11-7-5-6-8-11/h11H,3-10H2,1-2H3. The van der Waals surface area contributed by atoms with Crippen molar-refractivity contribution in [3.8, 4) is 0 Å². The summed E-state index contributed by atoms with van der Waals surface area (Å²) in [4.78, 5) is 12.6. The normalized spacial score (nSPS) is 19.6. The van der Waals surface area contributed by atoms with E-state index in [-0.39, 0.29) is 0 Å². The lowest BCUT2D eigenvalue weighted by atomic mass is 10.4. The van der Waals surface area contributed by atoms with Gasteiger partial charge in [0.2, 0.25) is 8.32 Å². The topological polar surface area (TPSA) is 19.9 Å². The summed E-state index contributed by atoms with van der Waals surface area (Å²) in [5.41, 5.74) is 0.632. The number of hydrogen-bond donors (Lipinski definition) is 0. The highest BCUT2D eigenvalue weighted by Gasteiger charge is 2.41. The van der Waals surface area contributed by atoms with E-state index in [1.165, 1.54) is 25.7 Å². The van der Waals surface area contributed by atoms with Crippen molar-refractivity contribution in [3.63, 3.8) is 0 Å². The zero-order valence-electron chi connectivity index (χ0n) is 9.14. The van der Waals surface area contributed by atoms with Crippen LogP contribution in [0.1, 0.15) is 52.4 Å². The summed E-state index contributed by atoms with van der Waals surface area (Å²) in [6, 6.07) is 2.07. The predicted molar refractivity (Wildman–Crippen MR) is 58.9 cm³/mol. The Kier molecular flexibility index (Phi) is 4.46. The van der Waals surface area contributed by atoms with Crippen molar-refractivity contribution in [1.29, 1.82) is 0 Å². The molecule has 1 fully saturated rings. The van der Waals surface area contributed by atoms with E-state index >= 15 is 0 Å². The molecule has 0 aromatic rings. The van der Waals surface area contributed by atoms with Crippen molar-refractivity contribution in [2.24, 2.45) is 0 Å². The highest BCUT2D eigenvalue weighted by Crippen LogP contribution is 2.42. The second-order valence-corrected chi connectivity index (χ2v) is 8.49. The molecule has 0 N–H and O–H groups in total. The van der Waals surface area contributed by atoms with E-state index in [9.17, 15) is 4.80 Å². The third kappa shape index (κ3) is 2.81. The summed E-state index contributed by atoms with van der Waals surface area (Å²) in [6.07, 6.45) is 7.41. The van der Waals surface area contributed by atoms with Gasteiger partial charge in [-0.05, 0) is 17.6 Å². The van der Waals surface area contributed by atoms with Crippen LogP contribution in [0.2, 0.25) is 17.6 Å². The molecule has 0 spiro atoms. The van der Waals surface area contributed by atoms with Gasteiger partial charge in [-0.2, -0.15) is 0 Å². The van der Waals surface area contributed by atoms with Gasteiger partial charge < -0.3 is 0 Å².